The van der Waals surface area contributed by atoms with Gasteiger partial charge in [-0.05, 0) is 19.9 Å². The van der Waals surface area contributed by atoms with Gasteiger partial charge in [0.05, 0.1) is 0 Å². The van der Waals surface area contributed by atoms with Crippen LogP contribution in [0, 0.1) is 0 Å². The second-order valence-electron chi connectivity index (χ2n) is 3.86. The summed E-state index contributed by atoms with van der Waals surface area (Å²) >= 11 is 0. The zero-order chi connectivity index (χ0) is 10.4. The van der Waals surface area contributed by atoms with Crippen molar-refractivity contribution in [3.63, 3.8) is 0 Å². The maximum atomic E-state index is 11.3. The fourth-order valence-corrected chi connectivity index (χ4v) is 1.68. The molecular formula is C10H20N2O2. The summed E-state index contributed by atoms with van der Waals surface area (Å²) < 4.78 is 0. The van der Waals surface area contributed by atoms with E-state index in [-0.39, 0.29) is 6.61 Å². The van der Waals surface area contributed by atoms with Gasteiger partial charge in [0.2, 0.25) is 5.91 Å². The Kier molecular flexibility index (Phi) is 4.90. The van der Waals surface area contributed by atoms with E-state index in [4.69, 9.17) is 5.11 Å². The summed E-state index contributed by atoms with van der Waals surface area (Å²) in [6.07, 6.45) is 2.55. The van der Waals surface area contributed by atoms with Gasteiger partial charge in [-0.2, -0.15) is 0 Å². The Morgan fingerprint density at radius 2 is 2.29 bits per heavy atom. The van der Waals surface area contributed by atoms with Gasteiger partial charge in [0.15, 0.2) is 0 Å². The molecule has 0 aromatic rings. The first-order valence-electron chi connectivity index (χ1n) is 5.31. The molecule has 0 bridgehead atoms. The van der Waals surface area contributed by atoms with Gasteiger partial charge < -0.3 is 14.9 Å². The Morgan fingerprint density at radius 1 is 1.50 bits per heavy atom. The minimum Gasteiger partial charge on any atom is -0.396 e. The highest BCUT2D eigenvalue weighted by atomic mass is 16.3. The first-order valence-corrected chi connectivity index (χ1v) is 5.31. The fourth-order valence-electron chi connectivity index (χ4n) is 1.68. The molecule has 1 saturated heterocycles. The monoisotopic (exact) mass is 200 g/mol. The molecule has 0 spiro atoms. The number of rotatable bonds is 6. The highest BCUT2D eigenvalue weighted by Crippen LogP contribution is 2.08. The van der Waals surface area contributed by atoms with E-state index in [1.807, 2.05) is 11.9 Å². The summed E-state index contributed by atoms with van der Waals surface area (Å²) in [5.74, 6) is 0.292. The Balaban J connectivity index is 2.10. The van der Waals surface area contributed by atoms with Crippen LogP contribution in [-0.4, -0.2) is 60.6 Å². The third-order valence-corrected chi connectivity index (χ3v) is 2.62. The highest BCUT2D eigenvalue weighted by Gasteiger charge is 2.19. The molecule has 1 heterocycles. The second-order valence-corrected chi connectivity index (χ2v) is 3.86. The first-order chi connectivity index (χ1) is 6.74. The average Bonchev–Trinajstić information content (AvgIpc) is 2.58. The molecule has 1 fully saturated rings. The molecule has 4 heteroatoms. The van der Waals surface area contributed by atoms with Crippen molar-refractivity contribution in [3.05, 3.63) is 0 Å². The molecule has 14 heavy (non-hydrogen) atoms. The quantitative estimate of drug-likeness (QED) is 0.652. The lowest BCUT2D eigenvalue weighted by molar-refractivity contribution is -0.127. The number of likely N-dealkylation sites (N-methyl/N-ethyl adjacent to an activating group) is 1. The summed E-state index contributed by atoms with van der Waals surface area (Å²) in [4.78, 5) is 15.3. The van der Waals surface area contributed by atoms with Crippen LogP contribution in [0.15, 0.2) is 0 Å². The predicted octanol–water partition coefficient (Wildman–Crippen LogP) is -0.0770. The van der Waals surface area contributed by atoms with E-state index in [1.54, 1.807) is 0 Å². The number of aliphatic hydroxyl groups is 1. The molecule has 0 unspecified atom stereocenters. The molecule has 0 radical (unpaired) electrons. The Hall–Kier alpha value is -0.610. The molecule has 0 saturated carbocycles. The minimum atomic E-state index is 0.243. The van der Waals surface area contributed by atoms with Crippen molar-refractivity contribution >= 4 is 5.91 Å². The van der Waals surface area contributed by atoms with E-state index in [1.165, 1.54) is 0 Å². The van der Waals surface area contributed by atoms with Gasteiger partial charge >= 0.3 is 0 Å². The molecule has 1 amide bonds. The molecule has 1 aliphatic heterocycles. The Bertz CT molecular complexity index is 185. The summed E-state index contributed by atoms with van der Waals surface area (Å²) in [5.41, 5.74) is 0. The lowest BCUT2D eigenvalue weighted by Gasteiger charge is -2.21. The van der Waals surface area contributed by atoms with E-state index < -0.39 is 0 Å². The van der Waals surface area contributed by atoms with Crippen LogP contribution in [0.2, 0.25) is 0 Å². The van der Waals surface area contributed by atoms with E-state index in [9.17, 15) is 4.79 Å². The molecule has 0 atom stereocenters. The van der Waals surface area contributed by atoms with Gasteiger partial charge in [0, 0.05) is 39.2 Å². The van der Waals surface area contributed by atoms with E-state index >= 15 is 0 Å². The SMILES string of the molecule is CN(CCCO)CCN1CCCC1=O. The normalized spacial score (nSPS) is 17.1. The molecule has 82 valence electrons. The lowest BCUT2D eigenvalue weighted by Crippen LogP contribution is -2.34. The molecule has 0 aromatic heterocycles. The number of likely N-dealkylation sites (tertiary alicyclic amines) is 1. The van der Waals surface area contributed by atoms with Gasteiger partial charge in [0.1, 0.15) is 0 Å². The molecule has 0 aliphatic carbocycles. The topological polar surface area (TPSA) is 43.8 Å². The van der Waals surface area contributed by atoms with E-state index in [2.05, 4.69) is 4.90 Å². The zero-order valence-corrected chi connectivity index (χ0v) is 8.91. The van der Waals surface area contributed by atoms with Crippen molar-refractivity contribution in [1.82, 2.24) is 9.80 Å². The van der Waals surface area contributed by atoms with Crippen LogP contribution >= 0.6 is 0 Å². The average molecular weight is 200 g/mol. The van der Waals surface area contributed by atoms with E-state index in [0.29, 0.717) is 5.91 Å². The number of hydrogen-bond acceptors (Lipinski definition) is 3. The third-order valence-electron chi connectivity index (χ3n) is 2.62. The predicted molar refractivity (Wildman–Crippen MR) is 55.0 cm³/mol. The number of amides is 1. The summed E-state index contributed by atoms with van der Waals surface area (Å²) in [6.45, 7) is 3.81. The van der Waals surface area contributed by atoms with Crippen molar-refractivity contribution in [2.24, 2.45) is 0 Å². The molecule has 0 aromatic carbocycles. The van der Waals surface area contributed by atoms with Crippen molar-refractivity contribution in [3.8, 4) is 0 Å². The van der Waals surface area contributed by atoms with Crippen LogP contribution in [0.4, 0.5) is 0 Å². The number of carbonyl (C=O) groups is 1. The molecule has 1 N–H and O–H groups in total. The van der Waals surface area contributed by atoms with Gasteiger partial charge in [-0.15, -0.1) is 0 Å². The van der Waals surface area contributed by atoms with Crippen molar-refractivity contribution in [2.75, 3.05) is 39.8 Å². The number of aliphatic hydroxyl groups excluding tert-OH is 1. The molecule has 1 rings (SSSR count). The largest absolute Gasteiger partial charge is 0.396 e. The number of nitrogens with zero attached hydrogens (tertiary/aromatic N) is 2. The maximum Gasteiger partial charge on any atom is 0.222 e. The lowest BCUT2D eigenvalue weighted by atomic mass is 10.4. The van der Waals surface area contributed by atoms with Crippen LogP contribution < -0.4 is 0 Å². The van der Waals surface area contributed by atoms with Gasteiger partial charge in [-0.25, -0.2) is 0 Å². The van der Waals surface area contributed by atoms with Crippen LogP contribution in [0.5, 0.6) is 0 Å². The zero-order valence-electron chi connectivity index (χ0n) is 8.91. The van der Waals surface area contributed by atoms with Gasteiger partial charge in [0.25, 0.3) is 0 Å². The van der Waals surface area contributed by atoms with Crippen molar-refractivity contribution in [2.45, 2.75) is 19.3 Å². The van der Waals surface area contributed by atoms with Crippen molar-refractivity contribution in [1.29, 1.82) is 0 Å². The van der Waals surface area contributed by atoms with E-state index in [0.717, 1.165) is 45.4 Å². The number of carbonyl (C=O) groups excluding carboxylic acids is 1. The van der Waals surface area contributed by atoms with Crippen LogP contribution in [-0.2, 0) is 4.79 Å². The van der Waals surface area contributed by atoms with Gasteiger partial charge in [-0.1, -0.05) is 0 Å². The smallest absolute Gasteiger partial charge is 0.222 e. The minimum absolute atomic E-state index is 0.243. The Morgan fingerprint density at radius 3 is 2.86 bits per heavy atom. The summed E-state index contributed by atoms with van der Waals surface area (Å²) in [6, 6.07) is 0. The van der Waals surface area contributed by atoms with Crippen LogP contribution in [0.25, 0.3) is 0 Å². The summed E-state index contributed by atoms with van der Waals surface area (Å²) in [5, 5.41) is 8.65. The highest BCUT2D eigenvalue weighted by molar-refractivity contribution is 5.78. The fraction of sp³-hybridized carbons (Fsp3) is 0.900. The summed E-state index contributed by atoms with van der Waals surface area (Å²) in [7, 11) is 2.02. The van der Waals surface area contributed by atoms with Crippen molar-refractivity contribution < 1.29 is 9.90 Å². The molecule has 4 nitrogen and oxygen atoms in total. The molecular weight excluding hydrogens is 180 g/mol. The standard InChI is InChI=1S/C10H20N2O2/c1-11(5-3-9-13)7-8-12-6-2-4-10(12)14/h13H,2-9H2,1H3. The van der Waals surface area contributed by atoms with Crippen LogP contribution in [0.3, 0.4) is 0 Å². The molecule has 1 aliphatic rings. The van der Waals surface area contributed by atoms with Crippen LogP contribution in [0.1, 0.15) is 19.3 Å². The first kappa shape index (κ1) is 11.5. The maximum absolute atomic E-state index is 11.3. The number of hydrogen-bond donors (Lipinski definition) is 1. The van der Waals surface area contributed by atoms with Gasteiger partial charge in [-0.3, -0.25) is 4.79 Å². The second kappa shape index (κ2) is 5.98. The Labute approximate surface area is 85.5 Å². The third kappa shape index (κ3) is 3.64.